The van der Waals surface area contributed by atoms with Gasteiger partial charge in [-0.15, -0.1) is 0 Å². The predicted molar refractivity (Wildman–Crippen MR) is 56.1 cm³/mol. The van der Waals surface area contributed by atoms with E-state index in [1.807, 2.05) is 25.4 Å². The standard InChI is InChI=1S/C10H9N5/c1-15-6-8(5-12-15)9-3-2-7-4-11-14-10(7)13-9/h2-6H,1H3,(H,11,13,14). The van der Waals surface area contributed by atoms with E-state index < -0.39 is 0 Å². The average molecular weight is 199 g/mol. The zero-order chi connectivity index (χ0) is 10.3. The monoisotopic (exact) mass is 199 g/mol. The molecule has 0 saturated heterocycles. The van der Waals surface area contributed by atoms with Gasteiger partial charge in [0.1, 0.15) is 0 Å². The van der Waals surface area contributed by atoms with Gasteiger partial charge in [-0.1, -0.05) is 0 Å². The van der Waals surface area contributed by atoms with Gasteiger partial charge in [-0.2, -0.15) is 10.2 Å². The number of fused-ring (bicyclic) bond motifs is 1. The number of rotatable bonds is 1. The summed E-state index contributed by atoms with van der Waals surface area (Å²) in [6.45, 7) is 0. The summed E-state index contributed by atoms with van der Waals surface area (Å²) in [4.78, 5) is 4.45. The molecule has 0 saturated carbocycles. The van der Waals surface area contributed by atoms with Crippen LogP contribution >= 0.6 is 0 Å². The molecule has 0 amide bonds. The first-order chi connectivity index (χ1) is 7.33. The number of pyridine rings is 1. The molecule has 0 radical (unpaired) electrons. The fourth-order valence-corrected chi connectivity index (χ4v) is 1.54. The Labute approximate surface area is 85.8 Å². The van der Waals surface area contributed by atoms with Crippen molar-refractivity contribution in [1.82, 2.24) is 25.0 Å². The summed E-state index contributed by atoms with van der Waals surface area (Å²) in [7, 11) is 1.89. The van der Waals surface area contributed by atoms with Crippen molar-refractivity contribution in [3.05, 3.63) is 30.7 Å². The maximum atomic E-state index is 4.45. The molecule has 74 valence electrons. The second kappa shape index (κ2) is 2.91. The molecular formula is C10H9N5. The zero-order valence-electron chi connectivity index (χ0n) is 8.18. The second-order valence-electron chi connectivity index (χ2n) is 3.41. The lowest BCUT2D eigenvalue weighted by Crippen LogP contribution is -1.85. The van der Waals surface area contributed by atoms with Crippen LogP contribution in [0.5, 0.6) is 0 Å². The molecule has 0 aliphatic carbocycles. The Kier molecular flexibility index (Phi) is 1.58. The largest absolute Gasteiger partial charge is 0.275 e. The van der Waals surface area contributed by atoms with Gasteiger partial charge in [0, 0.05) is 24.2 Å². The summed E-state index contributed by atoms with van der Waals surface area (Å²) in [6, 6.07) is 3.96. The van der Waals surface area contributed by atoms with Crippen molar-refractivity contribution in [2.45, 2.75) is 0 Å². The first-order valence-corrected chi connectivity index (χ1v) is 4.62. The third-order valence-corrected chi connectivity index (χ3v) is 2.30. The summed E-state index contributed by atoms with van der Waals surface area (Å²) in [6.07, 6.45) is 5.49. The van der Waals surface area contributed by atoms with E-state index >= 15 is 0 Å². The van der Waals surface area contributed by atoms with Gasteiger partial charge < -0.3 is 0 Å². The van der Waals surface area contributed by atoms with Gasteiger partial charge in [-0.05, 0) is 12.1 Å². The number of hydrogen-bond acceptors (Lipinski definition) is 3. The van der Waals surface area contributed by atoms with Crippen LogP contribution in [0.15, 0.2) is 30.7 Å². The van der Waals surface area contributed by atoms with Crippen molar-refractivity contribution in [3.63, 3.8) is 0 Å². The van der Waals surface area contributed by atoms with Crippen molar-refractivity contribution in [1.29, 1.82) is 0 Å². The van der Waals surface area contributed by atoms with Gasteiger partial charge in [0.15, 0.2) is 5.65 Å². The molecule has 5 nitrogen and oxygen atoms in total. The highest BCUT2D eigenvalue weighted by atomic mass is 15.2. The third kappa shape index (κ3) is 1.28. The molecule has 0 aromatic carbocycles. The van der Waals surface area contributed by atoms with Crippen LogP contribution in [0.2, 0.25) is 0 Å². The molecular weight excluding hydrogens is 190 g/mol. The number of H-pyrrole nitrogens is 1. The Morgan fingerprint density at radius 2 is 2.20 bits per heavy atom. The minimum Gasteiger partial charge on any atom is -0.275 e. The lowest BCUT2D eigenvalue weighted by molar-refractivity contribution is 0.768. The second-order valence-corrected chi connectivity index (χ2v) is 3.41. The Hall–Kier alpha value is -2.17. The normalized spacial score (nSPS) is 11.0. The molecule has 3 aromatic rings. The Morgan fingerprint density at radius 1 is 1.27 bits per heavy atom. The Bertz CT molecular complexity index is 607. The molecule has 3 heterocycles. The molecule has 0 fully saturated rings. The number of nitrogens with one attached hydrogen (secondary N) is 1. The molecule has 0 atom stereocenters. The van der Waals surface area contributed by atoms with Crippen LogP contribution in [-0.2, 0) is 7.05 Å². The molecule has 5 heteroatoms. The maximum absolute atomic E-state index is 4.45. The van der Waals surface area contributed by atoms with Crippen molar-refractivity contribution in [2.24, 2.45) is 7.05 Å². The fraction of sp³-hybridized carbons (Fsp3) is 0.100. The molecule has 3 rings (SSSR count). The van der Waals surface area contributed by atoms with Gasteiger partial charge in [-0.3, -0.25) is 9.78 Å². The molecule has 0 aliphatic rings. The predicted octanol–water partition coefficient (Wildman–Crippen LogP) is 1.36. The van der Waals surface area contributed by atoms with Gasteiger partial charge in [0.2, 0.25) is 0 Å². The topological polar surface area (TPSA) is 59.4 Å². The number of aromatic nitrogens is 5. The average Bonchev–Trinajstić information content (AvgIpc) is 2.84. The van der Waals surface area contributed by atoms with Crippen molar-refractivity contribution < 1.29 is 0 Å². The smallest absolute Gasteiger partial charge is 0.155 e. The molecule has 0 aliphatic heterocycles. The molecule has 0 spiro atoms. The molecule has 3 aromatic heterocycles. The van der Waals surface area contributed by atoms with Crippen LogP contribution in [-0.4, -0.2) is 25.0 Å². The number of aromatic amines is 1. The minimum absolute atomic E-state index is 0.802. The zero-order valence-corrected chi connectivity index (χ0v) is 8.18. The summed E-state index contributed by atoms with van der Waals surface area (Å²) in [5.74, 6) is 0. The van der Waals surface area contributed by atoms with Crippen LogP contribution in [0.4, 0.5) is 0 Å². The van der Waals surface area contributed by atoms with Crippen LogP contribution in [0, 0.1) is 0 Å². The lowest BCUT2D eigenvalue weighted by atomic mass is 10.2. The van der Waals surface area contributed by atoms with E-state index in [4.69, 9.17) is 0 Å². The maximum Gasteiger partial charge on any atom is 0.155 e. The van der Waals surface area contributed by atoms with E-state index in [0.717, 1.165) is 22.3 Å². The molecule has 1 N–H and O–H groups in total. The number of nitrogens with zero attached hydrogens (tertiary/aromatic N) is 4. The number of aryl methyl sites for hydroxylation is 1. The highest BCUT2D eigenvalue weighted by molar-refractivity contribution is 5.77. The van der Waals surface area contributed by atoms with Crippen LogP contribution in [0.25, 0.3) is 22.3 Å². The molecule has 0 unspecified atom stereocenters. The first-order valence-electron chi connectivity index (χ1n) is 4.62. The first kappa shape index (κ1) is 8.16. The van der Waals surface area contributed by atoms with E-state index in [1.54, 1.807) is 17.1 Å². The fourth-order valence-electron chi connectivity index (χ4n) is 1.54. The molecule has 0 bridgehead atoms. The quantitative estimate of drug-likeness (QED) is 0.643. The van der Waals surface area contributed by atoms with Crippen LogP contribution in [0.3, 0.4) is 0 Å². The summed E-state index contributed by atoms with van der Waals surface area (Å²) < 4.78 is 1.76. The van der Waals surface area contributed by atoms with Gasteiger partial charge >= 0.3 is 0 Å². The highest BCUT2D eigenvalue weighted by Crippen LogP contribution is 2.18. The highest BCUT2D eigenvalue weighted by Gasteiger charge is 2.03. The van der Waals surface area contributed by atoms with Gasteiger partial charge in [0.25, 0.3) is 0 Å². The van der Waals surface area contributed by atoms with Crippen molar-refractivity contribution in [2.75, 3.05) is 0 Å². The Balaban J connectivity index is 2.18. The van der Waals surface area contributed by atoms with Crippen LogP contribution < -0.4 is 0 Å². The van der Waals surface area contributed by atoms with Gasteiger partial charge in [-0.25, -0.2) is 4.98 Å². The van der Waals surface area contributed by atoms with Gasteiger partial charge in [0.05, 0.1) is 18.1 Å². The SMILES string of the molecule is Cn1cc(-c2ccc3cn[nH]c3n2)cn1. The van der Waals surface area contributed by atoms with E-state index in [0.29, 0.717) is 0 Å². The minimum atomic E-state index is 0.802. The summed E-state index contributed by atoms with van der Waals surface area (Å²) in [5, 5.41) is 11.9. The van der Waals surface area contributed by atoms with E-state index in [9.17, 15) is 0 Å². The van der Waals surface area contributed by atoms with Crippen LogP contribution in [0.1, 0.15) is 0 Å². The van der Waals surface area contributed by atoms with E-state index in [-0.39, 0.29) is 0 Å². The van der Waals surface area contributed by atoms with E-state index in [2.05, 4.69) is 20.3 Å². The van der Waals surface area contributed by atoms with Crippen molar-refractivity contribution in [3.8, 4) is 11.3 Å². The Morgan fingerprint density at radius 3 is 3.00 bits per heavy atom. The number of hydrogen-bond donors (Lipinski definition) is 1. The summed E-state index contributed by atoms with van der Waals surface area (Å²) >= 11 is 0. The van der Waals surface area contributed by atoms with E-state index in [1.165, 1.54) is 0 Å². The lowest BCUT2D eigenvalue weighted by Gasteiger charge is -1.95. The molecule has 15 heavy (non-hydrogen) atoms. The summed E-state index contributed by atoms with van der Waals surface area (Å²) in [5.41, 5.74) is 2.71. The van der Waals surface area contributed by atoms with Crippen molar-refractivity contribution >= 4 is 11.0 Å². The third-order valence-electron chi connectivity index (χ3n) is 2.30.